The zero-order valence-electron chi connectivity index (χ0n) is 17.5. The minimum atomic E-state index is -2.73. The van der Waals surface area contributed by atoms with Gasteiger partial charge in [0.05, 0.1) is 17.5 Å². The van der Waals surface area contributed by atoms with Gasteiger partial charge in [0.1, 0.15) is 5.75 Å². The van der Waals surface area contributed by atoms with Crippen LogP contribution in [0.3, 0.4) is 0 Å². The predicted molar refractivity (Wildman–Crippen MR) is 109 cm³/mol. The summed E-state index contributed by atoms with van der Waals surface area (Å²) in [5.74, 6) is -8.25. The SMILES string of the molecule is C#Cc1ccc(O)c2c1C[C@@H]1C[C@@H]3[C@@H](N(C)C)C(=O)C(C(N)=O)C(=O)[C@]3(O)C(=O)C1C2=O. The number of rotatable bonds is 2. The first-order chi connectivity index (χ1) is 15.0. The number of benzene rings is 1. The predicted octanol–water partition coefficient (Wildman–Crippen LogP) is -1.15. The van der Waals surface area contributed by atoms with Crippen LogP contribution in [-0.2, 0) is 25.6 Å². The highest BCUT2D eigenvalue weighted by Gasteiger charge is 2.69. The number of phenols is 1. The van der Waals surface area contributed by atoms with E-state index in [9.17, 15) is 34.2 Å². The van der Waals surface area contributed by atoms with Crippen molar-refractivity contribution in [2.24, 2.45) is 29.4 Å². The molecule has 0 heterocycles. The van der Waals surface area contributed by atoms with Gasteiger partial charge in [0.25, 0.3) is 0 Å². The summed E-state index contributed by atoms with van der Waals surface area (Å²) in [6.45, 7) is 0. The summed E-state index contributed by atoms with van der Waals surface area (Å²) in [4.78, 5) is 66.3. The van der Waals surface area contributed by atoms with E-state index < -0.39 is 64.4 Å². The Kier molecular flexibility index (Phi) is 4.84. The number of Topliss-reactive ketones (excluding diaryl/α,β-unsaturated/α-hetero) is 4. The molecule has 0 saturated heterocycles. The van der Waals surface area contributed by atoms with Crippen molar-refractivity contribution in [2.45, 2.75) is 24.5 Å². The van der Waals surface area contributed by atoms with Gasteiger partial charge in [-0.25, -0.2) is 0 Å². The van der Waals surface area contributed by atoms with Crippen LogP contribution in [0.4, 0.5) is 0 Å². The van der Waals surface area contributed by atoms with Crippen molar-refractivity contribution >= 4 is 29.0 Å². The number of likely N-dealkylation sites (N-methyl/N-ethyl adjacent to an activating group) is 1. The number of phenolic OH excluding ortho intramolecular Hbond substituents is 1. The Hall–Kier alpha value is -3.35. The number of nitrogens with zero attached hydrogens (tertiary/aromatic N) is 1. The van der Waals surface area contributed by atoms with Crippen LogP contribution >= 0.6 is 0 Å². The Bertz CT molecular complexity index is 1150. The summed E-state index contributed by atoms with van der Waals surface area (Å²) in [6.07, 6.45) is 5.69. The van der Waals surface area contributed by atoms with Gasteiger partial charge in [-0.3, -0.25) is 28.9 Å². The second-order valence-electron chi connectivity index (χ2n) is 8.92. The molecule has 2 saturated carbocycles. The van der Waals surface area contributed by atoms with Crippen molar-refractivity contribution in [3.05, 3.63) is 28.8 Å². The number of carbonyl (C=O) groups is 5. The average Bonchev–Trinajstić information content (AvgIpc) is 2.70. The normalized spacial score (nSPS) is 33.9. The molecule has 0 spiro atoms. The van der Waals surface area contributed by atoms with Crippen LogP contribution in [0.25, 0.3) is 0 Å². The van der Waals surface area contributed by atoms with Gasteiger partial charge in [-0.1, -0.05) is 5.92 Å². The highest BCUT2D eigenvalue weighted by atomic mass is 16.3. The van der Waals surface area contributed by atoms with Crippen molar-refractivity contribution in [2.75, 3.05) is 14.1 Å². The summed E-state index contributed by atoms with van der Waals surface area (Å²) in [7, 11) is 3.06. The molecular weight excluding hydrogens is 416 g/mol. The molecule has 4 N–H and O–H groups in total. The van der Waals surface area contributed by atoms with Crippen molar-refractivity contribution in [1.82, 2.24) is 4.90 Å². The van der Waals surface area contributed by atoms with Crippen LogP contribution in [-0.4, -0.2) is 69.9 Å². The molecule has 0 aliphatic heterocycles. The van der Waals surface area contributed by atoms with E-state index in [-0.39, 0.29) is 24.2 Å². The number of hydrogen-bond donors (Lipinski definition) is 3. The Morgan fingerprint density at radius 2 is 1.88 bits per heavy atom. The highest BCUT2D eigenvalue weighted by molar-refractivity contribution is 6.32. The largest absolute Gasteiger partial charge is 0.507 e. The number of aliphatic hydroxyl groups is 1. The average molecular weight is 438 g/mol. The maximum Gasteiger partial charge on any atom is 0.235 e. The van der Waals surface area contributed by atoms with Crippen LogP contribution < -0.4 is 5.73 Å². The van der Waals surface area contributed by atoms with Crippen LogP contribution in [0.15, 0.2) is 12.1 Å². The Balaban J connectivity index is 1.90. The van der Waals surface area contributed by atoms with Gasteiger partial charge in [0.15, 0.2) is 34.7 Å². The molecule has 9 nitrogen and oxygen atoms in total. The molecule has 0 bridgehead atoms. The van der Waals surface area contributed by atoms with E-state index in [1.54, 1.807) is 0 Å². The second kappa shape index (κ2) is 7.08. The molecule has 1 aromatic rings. The number of aromatic hydroxyl groups is 1. The van der Waals surface area contributed by atoms with Crippen molar-refractivity contribution in [1.29, 1.82) is 0 Å². The molecular formula is C23H22N2O7. The van der Waals surface area contributed by atoms with E-state index in [0.717, 1.165) is 0 Å². The summed E-state index contributed by atoms with van der Waals surface area (Å²) in [5.41, 5.74) is 3.25. The van der Waals surface area contributed by atoms with Gasteiger partial charge >= 0.3 is 0 Å². The fraction of sp³-hybridized carbons (Fsp3) is 0.435. The van der Waals surface area contributed by atoms with Crippen molar-refractivity contribution in [3.63, 3.8) is 0 Å². The second-order valence-corrected chi connectivity index (χ2v) is 8.92. The zero-order valence-corrected chi connectivity index (χ0v) is 17.5. The van der Waals surface area contributed by atoms with Crippen molar-refractivity contribution in [3.8, 4) is 18.1 Å². The van der Waals surface area contributed by atoms with Crippen LogP contribution in [0.1, 0.15) is 27.9 Å². The summed E-state index contributed by atoms with van der Waals surface area (Å²) < 4.78 is 0. The molecule has 2 unspecified atom stereocenters. The topological polar surface area (TPSA) is 155 Å². The highest BCUT2D eigenvalue weighted by Crippen LogP contribution is 2.50. The number of amides is 1. The first-order valence-corrected chi connectivity index (χ1v) is 10.1. The van der Waals surface area contributed by atoms with Crippen molar-refractivity contribution < 1.29 is 34.2 Å². The van der Waals surface area contributed by atoms with Gasteiger partial charge in [0.2, 0.25) is 5.91 Å². The third kappa shape index (κ3) is 2.63. The minimum Gasteiger partial charge on any atom is -0.507 e. The van der Waals surface area contributed by atoms with E-state index in [2.05, 4.69) is 5.92 Å². The van der Waals surface area contributed by atoms with Crippen LogP contribution in [0.2, 0.25) is 0 Å². The number of ketones is 4. The molecule has 3 aliphatic rings. The Morgan fingerprint density at radius 1 is 1.22 bits per heavy atom. The molecule has 9 heteroatoms. The van der Waals surface area contributed by atoms with E-state index in [0.29, 0.717) is 11.1 Å². The van der Waals surface area contributed by atoms with Gasteiger partial charge in [-0.2, -0.15) is 0 Å². The van der Waals surface area contributed by atoms with Gasteiger partial charge in [0, 0.05) is 11.5 Å². The van der Waals surface area contributed by atoms with Gasteiger partial charge in [-0.05, 0) is 50.6 Å². The lowest BCUT2D eigenvalue weighted by molar-refractivity contribution is -0.181. The lowest BCUT2D eigenvalue weighted by Gasteiger charge is -2.52. The quantitative estimate of drug-likeness (QED) is 0.386. The summed E-state index contributed by atoms with van der Waals surface area (Å²) in [5, 5.41) is 21.7. The molecule has 2 fully saturated rings. The van der Waals surface area contributed by atoms with E-state index in [1.165, 1.54) is 31.1 Å². The van der Waals surface area contributed by atoms with E-state index >= 15 is 0 Å². The third-order valence-electron chi connectivity index (χ3n) is 7.10. The fourth-order valence-corrected chi connectivity index (χ4v) is 5.74. The van der Waals surface area contributed by atoms with Gasteiger partial charge in [-0.15, -0.1) is 6.42 Å². The van der Waals surface area contributed by atoms with Crippen LogP contribution in [0, 0.1) is 36.0 Å². The molecule has 0 radical (unpaired) electrons. The van der Waals surface area contributed by atoms with Crippen LogP contribution in [0.5, 0.6) is 5.75 Å². The number of nitrogens with two attached hydrogens (primary N) is 1. The molecule has 32 heavy (non-hydrogen) atoms. The monoisotopic (exact) mass is 438 g/mol. The molecule has 1 amide bonds. The molecule has 6 atom stereocenters. The number of fused-ring (bicyclic) bond motifs is 3. The maximum absolute atomic E-state index is 13.6. The number of terminal acetylenes is 1. The molecule has 0 aromatic heterocycles. The number of primary amides is 1. The Labute approximate surface area is 183 Å². The number of carbonyl (C=O) groups excluding carboxylic acids is 5. The molecule has 166 valence electrons. The van der Waals surface area contributed by atoms with E-state index in [1.807, 2.05) is 0 Å². The third-order valence-corrected chi connectivity index (χ3v) is 7.10. The molecule has 4 rings (SSSR count). The fourth-order valence-electron chi connectivity index (χ4n) is 5.74. The lowest BCUT2D eigenvalue weighted by atomic mass is 9.52. The first-order valence-electron chi connectivity index (χ1n) is 10.1. The lowest BCUT2D eigenvalue weighted by Crippen LogP contribution is -2.74. The van der Waals surface area contributed by atoms with Gasteiger partial charge < -0.3 is 15.9 Å². The first kappa shape index (κ1) is 21.9. The van der Waals surface area contributed by atoms with E-state index in [4.69, 9.17) is 12.2 Å². The smallest absolute Gasteiger partial charge is 0.235 e. The minimum absolute atomic E-state index is 0.0104. The Morgan fingerprint density at radius 3 is 2.44 bits per heavy atom. The molecule has 3 aliphatic carbocycles. The molecule has 1 aromatic carbocycles. The number of hydrogen-bond acceptors (Lipinski definition) is 8. The zero-order chi connectivity index (χ0) is 23.7. The summed E-state index contributed by atoms with van der Waals surface area (Å²) in [6, 6.07) is 1.62. The standard InChI is InChI=1S/C23H22N2O7/c1-4-9-5-6-13(26)15-11(9)7-10-8-12-17(25(2)3)19(28)16(22(24)31)21(30)23(12,32)20(29)14(10)18(15)27/h1,5-6,10,12,14,16-17,26,32H,7-8H2,2-3H3,(H2,24,31)/t10-,12-,14?,16?,17-,23-/m1/s1. The summed E-state index contributed by atoms with van der Waals surface area (Å²) >= 11 is 0. The maximum atomic E-state index is 13.6.